The molecule has 1 aromatic rings. The fourth-order valence-corrected chi connectivity index (χ4v) is 2.29. The molecule has 0 fully saturated rings. The molecule has 102 valence electrons. The first kappa shape index (κ1) is 15.2. The summed E-state index contributed by atoms with van der Waals surface area (Å²) in [5.41, 5.74) is 1.59. The highest BCUT2D eigenvalue weighted by atomic mass is 19.1. The molecule has 0 spiro atoms. The van der Waals surface area contributed by atoms with Crippen LogP contribution in [0.15, 0.2) is 6.07 Å². The maximum atomic E-state index is 14.3. The van der Waals surface area contributed by atoms with Gasteiger partial charge in [-0.25, -0.2) is 4.39 Å². The van der Waals surface area contributed by atoms with Crippen molar-refractivity contribution in [1.29, 1.82) is 5.26 Å². The second-order valence-electron chi connectivity index (χ2n) is 5.21. The van der Waals surface area contributed by atoms with Crippen LogP contribution in [0, 0.1) is 17.1 Å². The lowest BCUT2D eigenvalue weighted by molar-refractivity contribution is -0.136. The number of nitriles is 1. The lowest BCUT2D eigenvalue weighted by atomic mass is 9.85. The van der Waals surface area contributed by atoms with Crippen LogP contribution >= 0.6 is 0 Å². The Balaban J connectivity index is 3.68. The molecule has 4 heteroatoms. The number of hydrogen-bond donors (Lipinski definition) is 1. The molecule has 19 heavy (non-hydrogen) atoms. The first-order valence-corrected chi connectivity index (χ1v) is 6.26. The number of benzene rings is 1. The van der Waals surface area contributed by atoms with Crippen LogP contribution in [0.1, 0.15) is 61.8 Å². The predicted molar refractivity (Wildman–Crippen MR) is 70.6 cm³/mol. The van der Waals surface area contributed by atoms with Crippen LogP contribution in [-0.4, -0.2) is 11.1 Å². The number of hydrogen-bond acceptors (Lipinski definition) is 2. The minimum atomic E-state index is -0.993. The molecule has 3 nitrogen and oxygen atoms in total. The normalized spacial score (nSPS) is 10.8. The van der Waals surface area contributed by atoms with Crippen molar-refractivity contribution in [1.82, 2.24) is 0 Å². The lowest BCUT2D eigenvalue weighted by Crippen LogP contribution is -2.12. The van der Waals surface area contributed by atoms with Crippen molar-refractivity contribution >= 4 is 5.97 Å². The van der Waals surface area contributed by atoms with E-state index in [4.69, 9.17) is 10.4 Å². The van der Waals surface area contributed by atoms with Gasteiger partial charge in [0.2, 0.25) is 0 Å². The van der Waals surface area contributed by atoms with Crippen LogP contribution in [-0.2, 0) is 11.2 Å². The Morgan fingerprint density at radius 3 is 2.32 bits per heavy atom. The molecule has 0 amide bonds. The molecule has 0 saturated carbocycles. The monoisotopic (exact) mass is 263 g/mol. The van der Waals surface area contributed by atoms with Gasteiger partial charge in [0.15, 0.2) is 0 Å². The van der Waals surface area contributed by atoms with Gasteiger partial charge in [0.05, 0.1) is 12.0 Å². The van der Waals surface area contributed by atoms with E-state index in [1.807, 2.05) is 19.9 Å². The zero-order chi connectivity index (χ0) is 14.7. The number of halogens is 1. The van der Waals surface area contributed by atoms with Crippen LogP contribution < -0.4 is 0 Å². The topological polar surface area (TPSA) is 61.1 Å². The van der Waals surface area contributed by atoms with Crippen molar-refractivity contribution in [2.75, 3.05) is 0 Å². The third-order valence-electron chi connectivity index (χ3n) is 3.09. The number of carboxylic acids is 1. The molecule has 0 aromatic heterocycles. The Labute approximate surface area is 112 Å². The Morgan fingerprint density at radius 2 is 1.95 bits per heavy atom. The first-order valence-electron chi connectivity index (χ1n) is 6.26. The second-order valence-corrected chi connectivity index (χ2v) is 5.21. The summed E-state index contributed by atoms with van der Waals surface area (Å²) >= 11 is 0. The van der Waals surface area contributed by atoms with E-state index < -0.39 is 11.8 Å². The average Bonchev–Trinajstić information content (AvgIpc) is 2.27. The van der Waals surface area contributed by atoms with E-state index in [1.54, 1.807) is 13.8 Å². The van der Waals surface area contributed by atoms with Crippen LogP contribution in [0.5, 0.6) is 0 Å². The summed E-state index contributed by atoms with van der Waals surface area (Å²) in [7, 11) is 0. The molecule has 1 N–H and O–H groups in total. The molecule has 0 aliphatic rings. The van der Waals surface area contributed by atoms with Gasteiger partial charge in [-0.15, -0.1) is 0 Å². The molecule has 0 heterocycles. The number of nitrogens with zero attached hydrogens (tertiary/aromatic N) is 1. The van der Waals surface area contributed by atoms with Crippen molar-refractivity contribution in [3.05, 3.63) is 34.1 Å². The maximum Gasteiger partial charge on any atom is 0.307 e. The van der Waals surface area contributed by atoms with Crippen molar-refractivity contribution in [2.45, 2.75) is 46.0 Å². The Kier molecular flexibility index (Phi) is 4.66. The number of aliphatic carboxylic acids is 1. The van der Waals surface area contributed by atoms with Crippen LogP contribution in [0.25, 0.3) is 0 Å². The van der Waals surface area contributed by atoms with Crippen molar-refractivity contribution in [2.24, 2.45) is 0 Å². The standard InChI is InChI=1S/C15H18FNO2/c1-8(2)11-5-10(7-17)15(16)14(9(3)4)12(11)6-13(18)19/h5,8-9H,6H2,1-4H3,(H,18,19). The number of carboxylic acid groups (broad SMARTS) is 1. The molecule has 0 radical (unpaired) electrons. The summed E-state index contributed by atoms with van der Waals surface area (Å²) in [6, 6.07) is 3.32. The quantitative estimate of drug-likeness (QED) is 0.903. The highest BCUT2D eigenvalue weighted by Crippen LogP contribution is 2.32. The molecule has 0 aliphatic carbocycles. The molecule has 0 bridgehead atoms. The van der Waals surface area contributed by atoms with Gasteiger partial charge in [0, 0.05) is 0 Å². The zero-order valence-electron chi connectivity index (χ0n) is 11.6. The molecule has 0 atom stereocenters. The molecule has 1 aromatic carbocycles. The van der Waals surface area contributed by atoms with Crippen molar-refractivity contribution in [3.63, 3.8) is 0 Å². The Bertz CT molecular complexity index is 542. The maximum absolute atomic E-state index is 14.3. The molecular formula is C15H18FNO2. The minimum Gasteiger partial charge on any atom is -0.481 e. The van der Waals surface area contributed by atoms with Gasteiger partial charge in [0.25, 0.3) is 0 Å². The Hall–Kier alpha value is -1.89. The third-order valence-corrected chi connectivity index (χ3v) is 3.09. The molecule has 0 aliphatic heterocycles. The van der Waals surface area contributed by atoms with Gasteiger partial charge in [0.1, 0.15) is 11.9 Å². The predicted octanol–water partition coefficient (Wildman–Crippen LogP) is 3.57. The van der Waals surface area contributed by atoms with E-state index in [1.165, 1.54) is 6.07 Å². The van der Waals surface area contributed by atoms with E-state index in [0.717, 1.165) is 5.56 Å². The van der Waals surface area contributed by atoms with Gasteiger partial charge in [-0.3, -0.25) is 4.79 Å². The molecule has 0 unspecified atom stereocenters. The van der Waals surface area contributed by atoms with E-state index in [-0.39, 0.29) is 23.8 Å². The van der Waals surface area contributed by atoms with Gasteiger partial charge >= 0.3 is 5.97 Å². The fraction of sp³-hybridized carbons (Fsp3) is 0.467. The summed E-state index contributed by atoms with van der Waals surface area (Å²) in [6.07, 6.45) is -0.219. The van der Waals surface area contributed by atoms with Crippen molar-refractivity contribution in [3.8, 4) is 6.07 Å². The van der Waals surface area contributed by atoms with E-state index in [2.05, 4.69) is 0 Å². The number of rotatable bonds is 4. The summed E-state index contributed by atoms with van der Waals surface area (Å²) in [5.74, 6) is -1.70. The van der Waals surface area contributed by atoms with Crippen molar-refractivity contribution < 1.29 is 14.3 Å². The fourth-order valence-electron chi connectivity index (χ4n) is 2.29. The largest absolute Gasteiger partial charge is 0.481 e. The highest BCUT2D eigenvalue weighted by molar-refractivity contribution is 5.72. The third kappa shape index (κ3) is 3.11. The molecular weight excluding hydrogens is 245 g/mol. The number of carbonyl (C=O) groups is 1. The second kappa shape index (κ2) is 5.83. The van der Waals surface area contributed by atoms with Gasteiger partial charge in [-0.1, -0.05) is 27.7 Å². The SMILES string of the molecule is CC(C)c1cc(C#N)c(F)c(C(C)C)c1CC(=O)O. The summed E-state index contributed by atoms with van der Waals surface area (Å²) in [4.78, 5) is 11.0. The van der Waals surface area contributed by atoms with Gasteiger partial charge < -0.3 is 5.11 Å². The van der Waals surface area contributed by atoms with E-state index >= 15 is 0 Å². The van der Waals surface area contributed by atoms with E-state index in [0.29, 0.717) is 11.1 Å². The highest BCUT2D eigenvalue weighted by Gasteiger charge is 2.23. The summed E-state index contributed by atoms with van der Waals surface area (Å²) in [6.45, 7) is 7.41. The smallest absolute Gasteiger partial charge is 0.307 e. The minimum absolute atomic E-state index is 0.0125. The summed E-state index contributed by atoms with van der Waals surface area (Å²) in [5, 5.41) is 18.0. The Morgan fingerprint density at radius 1 is 1.37 bits per heavy atom. The first-order chi connectivity index (χ1) is 8.79. The summed E-state index contributed by atoms with van der Waals surface area (Å²) < 4.78 is 14.3. The lowest BCUT2D eigenvalue weighted by Gasteiger charge is -2.20. The molecule has 1 rings (SSSR count). The van der Waals surface area contributed by atoms with Crippen LogP contribution in [0.3, 0.4) is 0 Å². The average molecular weight is 263 g/mol. The van der Waals surface area contributed by atoms with Crippen LogP contribution in [0.4, 0.5) is 4.39 Å². The molecule has 0 saturated heterocycles. The van der Waals surface area contributed by atoms with E-state index in [9.17, 15) is 9.18 Å². The van der Waals surface area contributed by atoms with Gasteiger partial charge in [-0.05, 0) is 34.6 Å². The van der Waals surface area contributed by atoms with Gasteiger partial charge in [-0.2, -0.15) is 5.26 Å². The van der Waals surface area contributed by atoms with Crippen LogP contribution in [0.2, 0.25) is 0 Å². The zero-order valence-corrected chi connectivity index (χ0v) is 11.6.